The van der Waals surface area contributed by atoms with Gasteiger partial charge in [0.2, 0.25) is 0 Å². The standard InChI is InChI=1S/C54H92O6/c1-4-7-10-13-16-19-22-24-26-27-28-30-32-35-38-41-44-47-53(56)59-50-51(49-58-52(55)46-43-40-37-34-31-21-18-15-12-9-6-3)60-54(57)48-45-42-39-36-33-29-25-23-20-17-14-11-8-5-2/h7,10,14,16-17,19,23-26,28,30,51H,4-6,8-9,11-13,15,18,20-22,27,29,31-50H2,1-3H3/b10-7-,17-14-,19-16-,25-23-,26-24-,30-28-. The highest BCUT2D eigenvalue weighted by atomic mass is 16.6. The van der Waals surface area contributed by atoms with Gasteiger partial charge in [-0.3, -0.25) is 14.4 Å². The molecule has 0 fully saturated rings. The second-order valence-electron chi connectivity index (χ2n) is 16.3. The Kier molecular flexibility index (Phi) is 46.0. The van der Waals surface area contributed by atoms with Crippen molar-refractivity contribution in [3.05, 3.63) is 72.9 Å². The van der Waals surface area contributed by atoms with Crippen LogP contribution >= 0.6 is 0 Å². The molecule has 1 atom stereocenters. The largest absolute Gasteiger partial charge is 0.462 e. The predicted molar refractivity (Wildman–Crippen MR) is 256 cm³/mol. The van der Waals surface area contributed by atoms with Gasteiger partial charge in [0.25, 0.3) is 0 Å². The number of hydrogen-bond donors (Lipinski definition) is 0. The van der Waals surface area contributed by atoms with Crippen molar-refractivity contribution in [3.8, 4) is 0 Å². The average molecular weight is 837 g/mol. The van der Waals surface area contributed by atoms with Crippen LogP contribution in [-0.2, 0) is 28.6 Å². The van der Waals surface area contributed by atoms with E-state index in [1.54, 1.807) is 0 Å². The molecule has 0 aliphatic carbocycles. The van der Waals surface area contributed by atoms with Crippen molar-refractivity contribution in [2.45, 2.75) is 239 Å². The van der Waals surface area contributed by atoms with Crippen molar-refractivity contribution in [2.75, 3.05) is 13.2 Å². The van der Waals surface area contributed by atoms with Crippen molar-refractivity contribution in [1.82, 2.24) is 0 Å². The zero-order chi connectivity index (χ0) is 43.7. The summed E-state index contributed by atoms with van der Waals surface area (Å²) < 4.78 is 16.7. The minimum Gasteiger partial charge on any atom is -0.462 e. The smallest absolute Gasteiger partial charge is 0.306 e. The van der Waals surface area contributed by atoms with E-state index in [0.29, 0.717) is 19.3 Å². The van der Waals surface area contributed by atoms with Gasteiger partial charge in [-0.05, 0) is 83.5 Å². The third-order valence-electron chi connectivity index (χ3n) is 10.4. The first-order valence-corrected chi connectivity index (χ1v) is 24.9. The molecule has 0 spiro atoms. The first kappa shape index (κ1) is 56.9. The van der Waals surface area contributed by atoms with Crippen molar-refractivity contribution < 1.29 is 28.6 Å². The molecule has 0 radical (unpaired) electrons. The number of hydrogen-bond acceptors (Lipinski definition) is 6. The molecule has 0 saturated heterocycles. The molecule has 1 unspecified atom stereocenters. The molecule has 0 saturated carbocycles. The summed E-state index contributed by atoms with van der Waals surface area (Å²) in [6.07, 6.45) is 60.2. The lowest BCUT2D eigenvalue weighted by atomic mass is 10.1. The van der Waals surface area contributed by atoms with Crippen molar-refractivity contribution in [1.29, 1.82) is 0 Å². The van der Waals surface area contributed by atoms with E-state index in [1.165, 1.54) is 70.6 Å². The van der Waals surface area contributed by atoms with Gasteiger partial charge in [0.15, 0.2) is 6.10 Å². The summed E-state index contributed by atoms with van der Waals surface area (Å²) >= 11 is 0. The second-order valence-corrected chi connectivity index (χ2v) is 16.3. The van der Waals surface area contributed by atoms with Crippen LogP contribution in [0.4, 0.5) is 0 Å². The lowest BCUT2D eigenvalue weighted by molar-refractivity contribution is -0.167. The number of esters is 3. The second kappa shape index (κ2) is 48.5. The molecule has 0 amide bonds. The summed E-state index contributed by atoms with van der Waals surface area (Å²) in [5, 5.41) is 0. The summed E-state index contributed by atoms with van der Waals surface area (Å²) in [6, 6.07) is 0. The molecule has 0 aliphatic heterocycles. The quantitative estimate of drug-likeness (QED) is 0.0263. The zero-order valence-electron chi connectivity index (χ0n) is 39.2. The van der Waals surface area contributed by atoms with Gasteiger partial charge in [-0.25, -0.2) is 0 Å². The minimum absolute atomic E-state index is 0.0881. The van der Waals surface area contributed by atoms with Crippen LogP contribution in [0.15, 0.2) is 72.9 Å². The van der Waals surface area contributed by atoms with E-state index >= 15 is 0 Å². The Balaban J connectivity index is 4.43. The molecule has 0 rings (SSSR count). The Morgan fingerprint density at radius 1 is 0.350 bits per heavy atom. The minimum atomic E-state index is -0.790. The van der Waals surface area contributed by atoms with Crippen LogP contribution < -0.4 is 0 Å². The van der Waals surface area contributed by atoms with Crippen LogP contribution in [0.1, 0.15) is 233 Å². The fourth-order valence-electron chi connectivity index (χ4n) is 6.68. The van der Waals surface area contributed by atoms with Crippen LogP contribution in [-0.4, -0.2) is 37.2 Å². The molecule has 60 heavy (non-hydrogen) atoms. The molecule has 6 heteroatoms. The van der Waals surface area contributed by atoms with Crippen LogP contribution in [0.2, 0.25) is 0 Å². The SMILES string of the molecule is CC/C=C\C/C=C\C/C=C\C/C=C\CCCCCCC(=O)OCC(COC(=O)CCCCCCCCCCCCC)OC(=O)CCCCCCC/C=C\C/C=C\CCCC. The zero-order valence-corrected chi connectivity index (χ0v) is 39.2. The van der Waals surface area contributed by atoms with Gasteiger partial charge in [0.05, 0.1) is 0 Å². The van der Waals surface area contributed by atoms with Gasteiger partial charge >= 0.3 is 17.9 Å². The molecular formula is C54H92O6. The summed E-state index contributed by atoms with van der Waals surface area (Å²) in [7, 11) is 0. The third-order valence-corrected chi connectivity index (χ3v) is 10.4. The maximum absolute atomic E-state index is 12.8. The normalized spacial score (nSPS) is 12.7. The number of carbonyl (C=O) groups excluding carboxylic acids is 3. The van der Waals surface area contributed by atoms with E-state index in [1.807, 2.05) is 0 Å². The van der Waals surface area contributed by atoms with E-state index in [0.717, 1.165) is 122 Å². The summed E-state index contributed by atoms with van der Waals surface area (Å²) in [6.45, 7) is 6.44. The lowest BCUT2D eigenvalue weighted by Crippen LogP contribution is -2.30. The molecule has 6 nitrogen and oxygen atoms in total. The molecule has 0 aromatic heterocycles. The van der Waals surface area contributed by atoms with Crippen LogP contribution in [0, 0.1) is 0 Å². The molecular weight excluding hydrogens is 745 g/mol. The highest BCUT2D eigenvalue weighted by Gasteiger charge is 2.19. The third kappa shape index (κ3) is 45.9. The van der Waals surface area contributed by atoms with Gasteiger partial charge in [-0.2, -0.15) is 0 Å². The summed E-state index contributed by atoms with van der Waals surface area (Å²) in [5.41, 5.74) is 0. The average Bonchev–Trinajstić information content (AvgIpc) is 3.24. The summed E-state index contributed by atoms with van der Waals surface area (Å²) in [4.78, 5) is 37.9. The van der Waals surface area contributed by atoms with E-state index in [-0.39, 0.29) is 31.1 Å². The van der Waals surface area contributed by atoms with E-state index in [9.17, 15) is 14.4 Å². The number of unbranched alkanes of at least 4 members (excludes halogenated alkanes) is 21. The lowest BCUT2D eigenvalue weighted by Gasteiger charge is -2.18. The maximum atomic E-state index is 12.8. The predicted octanol–water partition coefficient (Wildman–Crippen LogP) is 16.3. The molecule has 0 aromatic carbocycles. The van der Waals surface area contributed by atoms with Gasteiger partial charge < -0.3 is 14.2 Å². The number of allylic oxidation sites excluding steroid dienone is 12. The Hall–Kier alpha value is -3.15. The molecule has 0 heterocycles. The molecule has 344 valence electrons. The Labute approximate surface area is 370 Å². The highest BCUT2D eigenvalue weighted by molar-refractivity contribution is 5.71. The fraction of sp³-hybridized carbons (Fsp3) is 0.722. The van der Waals surface area contributed by atoms with Gasteiger partial charge in [-0.15, -0.1) is 0 Å². The molecule has 0 bridgehead atoms. The monoisotopic (exact) mass is 837 g/mol. The Morgan fingerprint density at radius 3 is 1.07 bits per heavy atom. The van der Waals surface area contributed by atoms with Crippen molar-refractivity contribution >= 4 is 17.9 Å². The highest BCUT2D eigenvalue weighted by Crippen LogP contribution is 2.14. The van der Waals surface area contributed by atoms with Crippen molar-refractivity contribution in [2.24, 2.45) is 0 Å². The first-order chi connectivity index (χ1) is 29.5. The summed E-state index contributed by atoms with van der Waals surface area (Å²) in [5.74, 6) is -0.928. The van der Waals surface area contributed by atoms with Gasteiger partial charge in [-0.1, -0.05) is 203 Å². The maximum Gasteiger partial charge on any atom is 0.306 e. The fourth-order valence-corrected chi connectivity index (χ4v) is 6.68. The number of rotatable bonds is 44. The Bertz CT molecular complexity index is 1140. The van der Waals surface area contributed by atoms with Crippen molar-refractivity contribution in [3.63, 3.8) is 0 Å². The number of ether oxygens (including phenoxy) is 3. The first-order valence-electron chi connectivity index (χ1n) is 24.9. The molecule has 0 aromatic rings. The molecule has 0 aliphatic rings. The topological polar surface area (TPSA) is 78.9 Å². The van der Waals surface area contributed by atoms with Gasteiger partial charge in [0, 0.05) is 19.3 Å². The number of carbonyl (C=O) groups is 3. The van der Waals surface area contributed by atoms with Crippen LogP contribution in [0.5, 0.6) is 0 Å². The van der Waals surface area contributed by atoms with Gasteiger partial charge in [0.1, 0.15) is 13.2 Å². The molecule has 0 N–H and O–H groups in total. The van der Waals surface area contributed by atoms with Crippen LogP contribution in [0.25, 0.3) is 0 Å². The Morgan fingerprint density at radius 2 is 0.667 bits per heavy atom. The van der Waals surface area contributed by atoms with E-state index in [4.69, 9.17) is 14.2 Å². The van der Waals surface area contributed by atoms with E-state index < -0.39 is 6.10 Å². The van der Waals surface area contributed by atoms with E-state index in [2.05, 4.69) is 93.7 Å². The van der Waals surface area contributed by atoms with Crippen LogP contribution in [0.3, 0.4) is 0 Å².